The van der Waals surface area contributed by atoms with Gasteiger partial charge in [0.2, 0.25) is 0 Å². The van der Waals surface area contributed by atoms with Gasteiger partial charge in [-0.2, -0.15) is 8.42 Å². The average Bonchev–Trinajstić information content (AvgIpc) is 2.54. The van der Waals surface area contributed by atoms with E-state index in [1.165, 1.54) is 10.8 Å². The summed E-state index contributed by atoms with van der Waals surface area (Å²) in [5.41, 5.74) is 0.345. The fourth-order valence-electron chi connectivity index (χ4n) is 2.24. The molecule has 2 aromatic rings. The largest absolute Gasteiger partial charge is 0.334 e. The number of aromatic nitrogens is 3. The van der Waals surface area contributed by atoms with E-state index in [4.69, 9.17) is 11.6 Å². The van der Waals surface area contributed by atoms with E-state index in [1.807, 2.05) is 0 Å². The third-order valence-corrected chi connectivity index (χ3v) is 4.60. The van der Waals surface area contributed by atoms with Crippen molar-refractivity contribution in [3.05, 3.63) is 17.2 Å². The summed E-state index contributed by atoms with van der Waals surface area (Å²) in [6, 6.07) is 0. The standard InChI is InChI=1S/C11H11ClFN3O2S/c1-16-5-7(19(13,17)18)8-9(12)14-10(15-11(8)16)6-3-2-4-6/h5-6H,2-4H2,1H3. The van der Waals surface area contributed by atoms with Crippen LogP contribution in [0.25, 0.3) is 11.0 Å². The van der Waals surface area contributed by atoms with Gasteiger partial charge >= 0.3 is 10.2 Å². The van der Waals surface area contributed by atoms with Gasteiger partial charge in [0.05, 0.1) is 5.39 Å². The summed E-state index contributed by atoms with van der Waals surface area (Å²) in [5.74, 6) is 0.870. The van der Waals surface area contributed by atoms with Crippen molar-refractivity contribution in [3.8, 4) is 0 Å². The summed E-state index contributed by atoms with van der Waals surface area (Å²) in [6.45, 7) is 0. The molecule has 0 spiro atoms. The van der Waals surface area contributed by atoms with E-state index < -0.39 is 15.1 Å². The van der Waals surface area contributed by atoms with E-state index in [2.05, 4.69) is 9.97 Å². The van der Waals surface area contributed by atoms with Crippen molar-refractivity contribution in [3.63, 3.8) is 0 Å². The molecule has 1 aliphatic rings. The van der Waals surface area contributed by atoms with Crippen LogP contribution in [0, 0.1) is 0 Å². The Balaban J connectivity index is 2.29. The first kappa shape index (κ1) is 12.8. The topological polar surface area (TPSA) is 64.8 Å². The zero-order valence-corrected chi connectivity index (χ0v) is 11.7. The molecule has 0 atom stereocenters. The molecule has 0 radical (unpaired) electrons. The van der Waals surface area contributed by atoms with Crippen molar-refractivity contribution in [2.45, 2.75) is 30.1 Å². The molecule has 0 aliphatic heterocycles. The summed E-state index contributed by atoms with van der Waals surface area (Å²) < 4.78 is 36.9. The molecule has 0 aromatic carbocycles. The third kappa shape index (κ3) is 2.01. The SMILES string of the molecule is Cn1cc(S(=O)(=O)F)c2c(Cl)nc(C3CCC3)nc21. The molecule has 1 aliphatic carbocycles. The number of halogens is 2. The molecule has 2 aromatic heterocycles. The molecule has 8 heteroatoms. The van der Waals surface area contributed by atoms with Crippen molar-refractivity contribution < 1.29 is 12.3 Å². The lowest BCUT2D eigenvalue weighted by Crippen LogP contribution is -2.13. The zero-order chi connectivity index (χ0) is 13.8. The Hall–Kier alpha value is -1.21. The summed E-state index contributed by atoms with van der Waals surface area (Å²) in [6.07, 6.45) is 4.30. The van der Waals surface area contributed by atoms with Gasteiger partial charge < -0.3 is 4.57 Å². The Kier molecular flexibility index (Phi) is 2.79. The molecule has 0 unspecified atom stereocenters. The monoisotopic (exact) mass is 303 g/mol. The van der Waals surface area contributed by atoms with Gasteiger partial charge in [0.25, 0.3) is 0 Å². The van der Waals surface area contributed by atoms with Gasteiger partial charge in [-0.3, -0.25) is 0 Å². The lowest BCUT2D eigenvalue weighted by atomic mass is 9.85. The molecule has 102 valence electrons. The number of hydrogen-bond acceptors (Lipinski definition) is 4. The molecule has 0 saturated heterocycles. The molecule has 5 nitrogen and oxygen atoms in total. The van der Waals surface area contributed by atoms with E-state index in [9.17, 15) is 12.3 Å². The number of hydrogen-bond donors (Lipinski definition) is 0. The van der Waals surface area contributed by atoms with Crippen LogP contribution in [0.2, 0.25) is 5.15 Å². The average molecular weight is 304 g/mol. The molecule has 1 saturated carbocycles. The van der Waals surface area contributed by atoms with Gasteiger partial charge in [0.15, 0.2) is 0 Å². The minimum Gasteiger partial charge on any atom is -0.334 e. The molecule has 0 amide bonds. The van der Waals surface area contributed by atoms with Crippen LogP contribution in [0.15, 0.2) is 11.1 Å². The molecule has 19 heavy (non-hydrogen) atoms. The van der Waals surface area contributed by atoms with Crippen molar-refractivity contribution in [2.75, 3.05) is 0 Å². The van der Waals surface area contributed by atoms with Gasteiger partial charge in [-0.05, 0) is 12.8 Å². The van der Waals surface area contributed by atoms with Crippen LogP contribution >= 0.6 is 11.6 Å². The predicted molar refractivity (Wildman–Crippen MR) is 68.4 cm³/mol. The van der Waals surface area contributed by atoms with Gasteiger partial charge in [-0.1, -0.05) is 18.0 Å². The Morgan fingerprint density at radius 3 is 2.63 bits per heavy atom. The molecular weight excluding hydrogens is 293 g/mol. The van der Waals surface area contributed by atoms with Gasteiger partial charge in [0.1, 0.15) is 21.5 Å². The summed E-state index contributed by atoms with van der Waals surface area (Å²) in [7, 11) is -3.24. The van der Waals surface area contributed by atoms with Crippen molar-refractivity contribution in [2.24, 2.45) is 7.05 Å². The van der Waals surface area contributed by atoms with Crippen molar-refractivity contribution in [1.29, 1.82) is 0 Å². The highest BCUT2D eigenvalue weighted by atomic mass is 35.5. The fourth-order valence-corrected chi connectivity index (χ4v) is 3.29. The van der Waals surface area contributed by atoms with Crippen LogP contribution < -0.4 is 0 Å². The van der Waals surface area contributed by atoms with Crippen molar-refractivity contribution in [1.82, 2.24) is 14.5 Å². The van der Waals surface area contributed by atoms with E-state index in [0.717, 1.165) is 19.3 Å². The van der Waals surface area contributed by atoms with E-state index in [1.54, 1.807) is 7.05 Å². The van der Waals surface area contributed by atoms with Crippen LogP contribution in [-0.2, 0) is 17.3 Å². The highest BCUT2D eigenvalue weighted by Gasteiger charge is 2.27. The van der Waals surface area contributed by atoms with Crippen molar-refractivity contribution >= 4 is 32.9 Å². The smallest absolute Gasteiger partial charge is 0.334 e. The van der Waals surface area contributed by atoms with E-state index in [-0.39, 0.29) is 16.5 Å². The normalized spacial score (nSPS) is 16.8. The summed E-state index contributed by atoms with van der Waals surface area (Å²) >= 11 is 6.02. The molecule has 0 bridgehead atoms. The Labute approximate surface area is 114 Å². The maximum atomic E-state index is 13.2. The second-order valence-corrected chi connectivity index (χ2v) is 6.41. The maximum absolute atomic E-state index is 13.2. The van der Waals surface area contributed by atoms with E-state index in [0.29, 0.717) is 11.5 Å². The lowest BCUT2D eigenvalue weighted by molar-refractivity contribution is 0.402. The molecule has 1 fully saturated rings. The number of fused-ring (bicyclic) bond motifs is 1. The lowest BCUT2D eigenvalue weighted by Gasteiger charge is -2.23. The van der Waals surface area contributed by atoms with Crippen LogP contribution in [0.3, 0.4) is 0 Å². The van der Waals surface area contributed by atoms with Crippen LogP contribution in [0.5, 0.6) is 0 Å². The first-order valence-corrected chi connectivity index (χ1v) is 7.61. The number of rotatable bonds is 2. The quantitative estimate of drug-likeness (QED) is 0.632. The van der Waals surface area contributed by atoms with Crippen LogP contribution in [0.4, 0.5) is 3.89 Å². The van der Waals surface area contributed by atoms with Gasteiger partial charge in [0, 0.05) is 19.2 Å². The first-order valence-electron chi connectivity index (χ1n) is 5.85. The van der Waals surface area contributed by atoms with Gasteiger partial charge in [-0.15, -0.1) is 3.89 Å². The first-order chi connectivity index (χ1) is 8.88. The number of aryl methyl sites for hydroxylation is 1. The summed E-state index contributed by atoms with van der Waals surface area (Å²) in [5, 5.41) is 0.0402. The van der Waals surface area contributed by atoms with Crippen LogP contribution in [-0.4, -0.2) is 23.0 Å². The Bertz CT molecular complexity index is 768. The molecular formula is C11H11ClFN3O2S. The molecule has 0 N–H and O–H groups in total. The fraction of sp³-hybridized carbons (Fsp3) is 0.455. The molecule has 2 heterocycles. The minimum atomic E-state index is -4.84. The molecule has 3 rings (SSSR count). The second-order valence-electron chi connectivity index (χ2n) is 4.74. The third-order valence-electron chi connectivity index (χ3n) is 3.49. The highest BCUT2D eigenvalue weighted by Crippen LogP contribution is 2.37. The second kappa shape index (κ2) is 4.14. The minimum absolute atomic E-state index is 0.0104. The number of nitrogens with zero attached hydrogens (tertiary/aromatic N) is 3. The van der Waals surface area contributed by atoms with E-state index >= 15 is 0 Å². The predicted octanol–water partition coefficient (Wildman–Crippen LogP) is 2.55. The Morgan fingerprint density at radius 2 is 2.11 bits per heavy atom. The van der Waals surface area contributed by atoms with Crippen LogP contribution in [0.1, 0.15) is 31.0 Å². The zero-order valence-electron chi connectivity index (χ0n) is 10.1. The highest BCUT2D eigenvalue weighted by molar-refractivity contribution is 7.86. The Morgan fingerprint density at radius 1 is 1.42 bits per heavy atom. The summed E-state index contributed by atoms with van der Waals surface area (Å²) in [4.78, 5) is 7.97. The van der Waals surface area contributed by atoms with Gasteiger partial charge in [-0.25, -0.2) is 9.97 Å². The maximum Gasteiger partial charge on any atom is 0.334 e.